The maximum Gasteiger partial charge on any atom is 0.434 e. The molecule has 4 rings (SSSR count). The molecule has 0 aliphatic rings. The monoisotopic (exact) mass is 407 g/mol. The van der Waals surface area contributed by atoms with E-state index in [0.717, 1.165) is 0 Å². The largest absolute Gasteiger partial charge is 0.434 e. The molecule has 0 fully saturated rings. The molecule has 0 aliphatic heterocycles. The van der Waals surface area contributed by atoms with Crippen LogP contribution in [0.25, 0.3) is 22.0 Å². The molecular formula is C24H13ClF3N. The van der Waals surface area contributed by atoms with Crippen molar-refractivity contribution in [3.63, 3.8) is 0 Å². The average Bonchev–Trinajstić information content (AvgIpc) is 2.72. The fourth-order valence-electron chi connectivity index (χ4n) is 3.14. The molecule has 1 heterocycles. The van der Waals surface area contributed by atoms with Crippen molar-refractivity contribution in [3.8, 4) is 23.0 Å². The van der Waals surface area contributed by atoms with Gasteiger partial charge in [-0.1, -0.05) is 84.1 Å². The molecule has 0 aliphatic carbocycles. The minimum atomic E-state index is -4.68. The van der Waals surface area contributed by atoms with Gasteiger partial charge in [0.15, 0.2) is 5.69 Å². The van der Waals surface area contributed by atoms with Crippen LogP contribution in [0.4, 0.5) is 13.2 Å². The van der Waals surface area contributed by atoms with E-state index in [9.17, 15) is 13.2 Å². The molecule has 1 aromatic heterocycles. The van der Waals surface area contributed by atoms with Gasteiger partial charge in [0.05, 0.1) is 16.1 Å². The number of hydrogen-bond donors (Lipinski definition) is 0. The first-order valence-corrected chi connectivity index (χ1v) is 9.15. The maximum atomic E-state index is 14.0. The Balaban J connectivity index is 2.13. The molecule has 0 N–H and O–H groups in total. The number of hydrogen-bond acceptors (Lipinski definition) is 1. The van der Waals surface area contributed by atoms with Crippen LogP contribution in [-0.2, 0) is 6.18 Å². The molecule has 4 aromatic rings. The van der Waals surface area contributed by atoms with Gasteiger partial charge in [-0.15, -0.1) is 0 Å². The van der Waals surface area contributed by atoms with Crippen molar-refractivity contribution in [1.82, 2.24) is 4.98 Å². The third kappa shape index (κ3) is 3.83. The summed E-state index contributed by atoms with van der Waals surface area (Å²) < 4.78 is 41.9. The third-order valence-electron chi connectivity index (χ3n) is 4.40. The van der Waals surface area contributed by atoms with Crippen molar-refractivity contribution in [1.29, 1.82) is 0 Å². The first kappa shape index (κ1) is 19.0. The fourth-order valence-corrected chi connectivity index (χ4v) is 3.36. The van der Waals surface area contributed by atoms with Crippen LogP contribution in [0.3, 0.4) is 0 Å². The zero-order chi connectivity index (χ0) is 20.4. The van der Waals surface area contributed by atoms with E-state index in [-0.39, 0.29) is 16.1 Å². The molecule has 3 aromatic carbocycles. The van der Waals surface area contributed by atoms with E-state index in [0.29, 0.717) is 22.1 Å². The first-order valence-electron chi connectivity index (χ1n) is 8.77. The Morgan fingerprint density at radius 1 is 0.759 bits per heavy atom. The molecule has 0 unspecified atom stereocenters. The summed E-state index contributed by atoms with van der Waals surface area (Å²) in [6, 6.07) is 22.7. The lowest BCUT2D eigenvalue weighted by atomic mass is 9.94. The molecule has 0 amide bonds. The predicted octanol–water partition coefficient (Wildman–Crippen LogP) is 6.97. The van der Waals surface area contributed by atoms with Gasteiger partial charge in [-0.25, -0.2) is 4.98 Å². The summed E-state index contributed by atoms with van der Waals surface area (Å²) in [5.41, 5.74) is 0.498. The Bertz CT molecular complexity index is 1240. The van der Waals surface area contributed by atoms with Gasteiger partial charge in [-0.3, -0.25) is 0 Å². The predicted molar refractivity (Wildman–Crippen MR) is 110 cm³/mol. The minimum Gasteiger partial charge on any atom is -0.240 e. The number of aromatic nitrogens is 1. The van der Waals surface area contributed by atoms with E-state index < -0.39 is 11.9 Å². The second-order valence-corrected chi connectivity index (χ2v) is 6.73. The quantitative estimate of drug-likeness (QED) is 0.310. The van der Waals surface area contributed by atoms with Crippen LogP contribution >= 0.6 is 11.6 Å². The van der Waals surface area contributed by atoms with Crippen LogP contribution in [0.2, 0.25) is 5.02 Å². The highest BCUT2D eigenvalue weighted by Gasteiger charge is 2.37. The summed E-state index contributed by atoms with van der Waals surface area (Å²) in [5, 5.41) is 0.682. The number of rotatable bonds is 1. The van der Waals surface area contributed by atoms with Gasteiger partial charge in [0.2, 0.25) is 0 Å². The summed E-state index contributed by atoms with van der Waals surface area (Å²) in [5.74, 6) is 5.58. The molecule has 0 spiro atoms. The highest BCUT2D eigenvalue weighted by molar-refractivity contribution is 6.35. The van der Waals surface area contributed by atoms with E-state index in [1.165, 1.54) is 6.07 Å². The third-order valence-corrected chi connectivity index (χ3v) is 4.71. The zero-order valence-electron chi connectivity index (χ0n) is 15.0. The van der Waals surface area contributed by atoms with Gasteiger partial charge in [0, 0.05) is 16.5 Å². The van der Waals surface area contributed by atoms with Crippen LogP contribution in [0.1, 0.15) is 16.8 Å². The number of para-hydroxylation sites is 1. The Labute approximate surface area is 170 Å². The van der Waals surface area contributed by atoms with Gasteiger partial charge in [0.1, 0.15) is 0 Å². The SMILES string of the molecule is FC(F)(F)c1nc2c(Cl)cccc2c(-c2ccccc2)c1C#Cc1ccccc1. The summed E-state index contributed by atoms with van der Waals surface area (Å²) in [4.78, 5) is 3.88. The lowest BCUT2D eigenvalue weighted by Crippen LogP contribution is -2.12. The molecule has 0 saturated carbocycles. The number of pyridine rings is 1. The molecule has 142 valence electrons. The number of fused-ring (bicyclic) bond motifs is 1. The summed E-state index contributed by atoms with van der Waals surface area (Å²) in [6.45, 7) is 0. The number of halogens is 4. The molecule has 0 radical (unpaired) electrons. The van der Waals surface area contributed by atoms with Crippen LogP contribution in [0.5, 0.6) is 0 Å². The number of benzene rings is 3. The first-order chi connectivity index (χ1) is 13.9. The highest BCUT2D eigenvalue weighted by atomic mass is 35.5. The van der Waals surface area contributed by atoms with E-state index in [1.54, 1.807) is 66.7 Å². The second kappa shape index (κ2) is 7.62. The lowest BCUT2D eigenvalue weighted by molar-refractivity contribution is -0.141. The standard InChI is InChI=1S/C24H13ClF3N/c25-20-13-7-12-18-21(17-10-5-2-6-11-17)19(15-14-16-8-3-1-4-9-16)23(24(26,27)28)29-22(18)20/h1-13H. The van der Waals surface area contributed by atoms with Gasteiger partial charge >= 0.3 is 6.18 Å². The molecule has 0 saturated heterocycles. The molecule has 5 heteroatoms. The van der Waals surface area contributed by atoms with Gasteiger partial charge in [-0.2, -0.15) is 13.2 Å². The van der Waals surface area contributed by atoms with Gasteiger partial charge < -0.3 is 0 Å². The van der Waals surface area contributed by atoms with Crippen molar-refractivity contribution in [2.24, 2.45) is 0 Å². The van der Waals surface area contributed by atoms with Gasteiger partial charge in [0.25, 0.3) is 0 Å². The summed E-state index contributed by atoms with van der Waals surface area (Å²) in [6.07, 6.45) is -4.68. The molecule has 0 atom stereocenters. The van der Waals surface area contributed by atoms with Crippen LogP contribution in [0, 0.1) is 11.8 Å². The minimum absolute atomic E-state index is 0.102. The topological polar surface area (TPSA) is 12.9 Å². The Kier molecular flexibility index (Phi) is 5.00. The number of alkyl halides is 3. The smallest absolute Gasteiger partial charge is 0.240 e. The Morgan fingerprint density at radius 2 is 1.41 bits per heavy atom. The molecular weight excluding hydrogens is 395 g/mol. The molecule has 1 nitrogen and oxygen atoms in total. The van der Waals surface area contributed by atoms with E-state index in [4.69, 9.17) is 11.6 Å². The summed E-state index contributed by atoms with van der Waals surface area (Å²) >= 11 is 6.20. The van der Waals surface area contributed by atoms with Crippen molar-refractivity contribution in [2.75, 3.05) is 0 Å². The van der Waals surface area contributed by atoms with E-state index in [1.807, 2.05) is 6.07 Å². The van der Waals surface area contributed by atoms with Crippen LogP contribution < -0.4 is 0 Å². The number of nitrogens with zero attached hydrogens (tertiary/aromatic N) is 1. The van der Waals surface area contributed by atoms with Crippen molar-refractivity contribution in [2.45, 2.75) is 6.18 Å². The lowest BCUT2D eigenvalue weighted by Gasteiger charge is -2.16. The van der Waals surface area contributed by atoms with Crippen molar-refractivity contribution >= 4 is 22.5 Å². The van der Waals surface area contributed by atoms with Crippen LogP contribution in [0.15, 0.2) is 78.9 Å². The second-order valence-electron chi connectivity index (χ2n) is 6.33. The van der Waals surface area contributed by atoms with E-state index >= 15 is 0 Å². The Morgan fingerprint density at radius 3 is 2.07 bits per heavy atom. The highest BCUT2D eigenvalue weighted by Crippen LogP contribution is 2.40. The fraction of sp³-hybridized carbons (Fsp3) is 0.0417. The normalized spacial score (nSPS) is 11.2. The molecule has 29 heavy (non-hydrogen) atoms. The Hall–Kier alpha value is -3.29. The molecule has 0 bridgehead atoms. The van der Waals surface area contributed by atoms with E-state index in [2.05, 4.69) is 16.8 Å². The summed E-state index contributed by atoms with van der Waals surface area (Å²) in [7, 11) is 0. The van der Waals surface area contributed by atoms with Crippen molar-refractivity contribution < 1.29 is 13.2 Å². The van der Waals surface area contributed by atoms with Gasteiger partial charge in [-0.05, 0) is 23.8 Å². The van der Waals surface area contributed by atoms with Crippen molar-refractivity contribution in [3.05, 3.63) is 101 Å². The average molecular weight is 408 g/mol. The zero-order valence-corrected chi connectivity index (χ0v) is 15.7. The maximum absolute atomic E-state index is 14.0. The van der Waals surface area contributed by atoms with Crippen LogP contribution in [-0.4, -0.2) is 4.98 Å².